The fourth-order valence-corrected chi connectivity index (χ4v) is 4.74. The van der Waals surface area contributed by atoms with E-state index in [-0.39, 0.29) is 23.8 Å². The Labute approximate surface area is 211 Å². The molecule has 0 spiro atoms. The van der Waals surface area contributed by atoms with Crippen molar-refractivity contribution in [3.05, 3.63) is 100 Å². The first kappa shape index (κ1) is 25.0. The predicted molar refractivity (Wildman–Crippen MR) is 139 cm³/mol. The molecule has 186 valence electrons. The van der Waals surface area contributed by atoms with Gasteiger partial charge in [0, 0.05) is 11.1 Å². The van der Waals surface area contributed by atoms with Crippen LogP contribution in [0.2, 0.25) is 0 Å². The normalized spacial score (nSPS) is 17.1. The number of aliphatic hydroxyl groups is 1. The Morgan fingerprint density at radius 3 is 2.33 bits per heavy atom. The number of ketones is 1. The van der Waals surface area contributed by atoms with Crippen molar-refractivity contribution in [2.75, 3.05) is 14.2 Å². The van der Waals surface area contributed by atoms with E-state index in [1.54, 1.807) is 26.4 Å². The molecule has 1 aliphatic rings. The van der Waals surface area contributed by atoms with Gasteiger partial charge in [-0.25, -0.2) is 0 Å². The maximum absolute atomic E-state index is 13.4. The highest BCUT2D eigenvalue weighted by Gasteiger charge is 2.46. The summed E-state index contributed by atoms with van der Waals surface area (Å²) in [6.45, 7) is 6.17. The standard InChI is InChI=1S/C30H31NO5/c1-18(2)23-16-21(13-14-25(23)36-5)28(32)26-27(20-11-8-9-19(3)15-20)31(30(34)29(26)33)17-22-10-6-7-12-24(22)35-4/h6-16,18,27,32H,17H2,1-5H3/b28-26-. The number of Topliss-reactive ketones (excluding diaryl/α,β-unsaturated/α-hetero) is 1. The highest BCUT2D eigenvalue weighted by atomic mass is 16.5. The second-order valence-electron chi connectivity index (χ2n) is 9.26. The van der Waals surface area contributed by atoms with Crippen LogP contribution in [0.1, 0.15) is 53.6 Å². The quantitative estimate of drug-likeness (QED) is 0.262. The molecule has 1 unspecified atom stereocenters. The van der Waals surface area contributed by atoms with Gasteiger partial charge in [-0.05, 0) is 48.2 Å². The molecule has 6 heteroatoms. The van der Waals surface area contributed by atoms with Gasteiger partial charge in [0.25, 0.3) is 11.7 Å². The lowest BCUT2D eigenvalue weighted by atomic mass is 9.92. The summed E-state index contributed by atoms with van der Waals surface area (Å²) in [7, 11) is 3.17. The third-order valence-corrected chi connectivity index (χ3v) is 6.56. The van der Waals surface area contributed by atoms with Crippen molar-refractivity contribution in [1.82, 2.24) is 4.90 Å². The summed E-state index contributed by atoms with van der Waals surface area (Å²) >= 11 is 0. The molecule has 1 aliphatic heterocycles. The van der Waals surface area contributed by atoms with Gasteiger partial charge in [0.15, 0.2) is 0 Å². The van der Waals surface area contributed by atoms with Gasteiger partial charge in [0.1, 0.15) is 17.3 Å². The van der Waals surface area contributed by atoms with Crippen LogP contribution in [0.25, 0.3) is 5.76 Å². The number of carbonyl (C=O) groups is 2. The lowest BCUT2D eigenvalue weighted by Crippen LogP contribution is -2.29. The van der Waals surface area contributed by atoms with Gasteiger partial charge in [0.2, 0.25) is 0 Å². The molecule has 3 aromatic carbocycles. The summed E-state index contributed by atoms with van der Waals surface area (Å²) in [5.74, 6) is -0.116. The number of para-hydroxylation sites is 1. The zero-order chi connectivity index (χ0) is 26.0. The van der Waals surface area contributed by atoms with Gasteiger partial charge < -0.3 is 19.5 Å². The number of aliphatic hydroxyl groups excluding tert-OH is 1. The number of nitrogens with zero attached hydrogens (tertiary/aromatic N) is 1. The zero-order valence-corrected chi connectivity index (χ0v) is 21.2. The van der Waals surface area contributed by atoms with Crippen molar-refractivity contribution in [2.45, 2.75) is 39.3 Å². The topological polar surface area (TPSA) is 76.1 Å². The number of methoxy groups -OCH3 is 2. The molecular weight excluding hydrogens is 454 g/mol. The first-order valence-corrected chi connectivity index (χ1v) is 11.9. The van der Waals surface area contributed by atoms with Crippen LogP contribution in [-0.2, 0) is 16.1 Å². The summed E-state index contributed by atoms with van der Waals surface area (Å²) < 4.78 is 11.0. The molecule has 0 radical (unpaired) electrons. The third kappa shape index (κ3) is 4.59. The van der Waals surface area contributed by atoms with Crippen LogP contribution in [0.3, 0.4) is 0 Å². The van der Waals surface area contributed by atoms with Gasteiger partial charge >= 0.3 is 0 Å². The van der Waals surface area contributed by atoms with Gasteiger partial charge in [-0.15, -0.1) is 0 Å². The van der Waals surface area contributed by atoms with E-state index in [1.807, 2.05) is 75.4 Å². The summed E-state index contributed by atoms with van der Waals surface area (Å²) in [4.78, 5) is 28.3. The molecule has 3 aromatic rings. The molecule has 0 bridgehead atoms. The van der Waals surface area contributed by atoms with Crippen molar-refractivity contribution in [1.29, 1.82) is 0 Å². The minimum absolute atomic E-state index is 0.0698. The second kappa shape index (κ2) is 10.3. The van der Waals surface area contributed by atoms with Crippen molar-refractivity contribution in [3.8, 4) is 11.5 Å². The molecular formula is C30H31NO5. The van der Waals surface area contributed by atoms with Crippen molar-refractivity contribution >= 4 is 17.4 Å². The van der Waals surface area contributed by atoms with Crippen LogP contribution in [0, 0.1) is 6.92 Å². The fraction of sp³-hybridized carbons (Fsp3) is 0.267. The first-order chi connectivity index (χ1) is 17.3. The molecule has 0 aliphatic carbocycles. The largest absolute Gasteiger partial charge is 0.507 e. The monoisotopic (exact) mass is 485 g/mol. The van der Waals surface area contributed by atoms with Crippen LogP contribution in [-0.4, -0.2) is 35.9 Å². The van der Waals surface area contributed by atoms with E-state index < -0.39 is 17.7 Å². The lowest BCUT2D eigenvalue weighted by Gasteiger charge is -2.26. The maximum Gasteiger partial charge on any atom is 0.295 e. The van der Waals surface area contributed by atoms with Crippen molar-refractivity contribution in [2.24, 2.45) is 0 Å². The SMILES string of the molecule is COc1ccccc1CN1C(=O)C(=O)/C(=C(\O)c2ccc(OC)c(C(C)C)c2)C1c1cccc(C)c1. The van der Waals surface area contributed by atoms with Crippen LogP contribution in [0.4, 0.5) is 0 Å². The third-order valence-electron chi connectivity index (χ3n) is 6.56. The number of carbonyl (C=O) groups excluding carboxylic acids is 2. The smallest absolute Gasteiger partial charge is 0.295 e. The van der Waals surface area contributed by atoms with Crippen LogP contribution in [0.15, 0.2) is 72.3 Å². The van der Waals surface area contributed by atoms with E-state index in [4.69, 9.17) is 9.47 Å². The average molecular weight is 486 g/mol. The number of amides is 1. The van der Waals surface area contributed by atoms with E-state index in [0.29, 0.717) is 17.1 Å². The minimum atomic E-state index is -0.751. The van der Waals surface area contributed by atoms with Crippen LogP contribution < -0.4 is 9.47 Å². The molecule has 1 saturated heterocycles. The molecule has 36 heavy (non-hydrogen) atoms. The molecule has 1 atom stereocenters. The zero-order valence-electron chi connectivity index (χ0n) is 21.2. The van der Waals surface area contributed by atoms with Crippen molar-refractivity contribution < 1.29 is 24.2 Å². The van der Waals surface area contributed by atoms with Crippen LogP contribution >= 0.6 is 0 Å². The summed E-state index contributed by atoms with van der Waals surface area (Å²) in [6.07, 6.45) is 0. The van der Waals surface area contributed by atoms with Gasteiger partial charge in [-0.3, -0.25) is 9.59 Å². The van der Waals surface area contributed by atoms with Gasteiger partial charge in [0.05, 0.1) is 32.4 Å². The average Bonchev–Trinajstić information content (AvgIpc) is 3.13. The molecule has 0 saturated carbocycles. The molecule has 6 nitrogen and oxygen atoms in total. The fourth-order valence-electron chi connectivity index (χ4n) is 4.74. The van der Waals surface area contributed by atoms with Crippen molar-refractivity contribution in [3.63, 3.8) is 0 Å². The number of rotatable bonds is 7. The number of aryl methyl sites for hydroxylation is 1. The molecule has 1 amide bonds. The molecule has 1 fully saturated rings. The Kier molecular flexibility index (Phi) is 7.15. The van der Waals surface area contributed by atoms with Crippen LogP contribution in [0.5, 0.6) is 11.5 Å². The summed E-state index contributed by atoms with van der Waals surface area (Å²) in [5.41, 5.74) is 3.95. The maximum atomic E-state index is 13.4. The molecule has 1 heterocycles. The minimum Gasteiger partial charge on any atom is -0.507 e. The second-order valence-corrected chi connectivity index (χ2v) is 9.26. The lowest BCUT2D eigenvalue weighted by molar-refractivity contribution is -0.140. The Bertz CT molecular complexity index is 1340. The Morgan fingerprint density at radius 1 is 0.944 bits per heavy atom. The Balaban J connectivity index is 1.90. The summed E-state index contributed by atoms with van der Waals surface area (Å²) in [6, 6.07) is 19.6. The number of hydrogen-bond donors (Lipinski definition) is 1. The predicted octanol–water partition coefficient (Wildman–Crippen LogP) is 5.76. The number of benzene rings is 3. The van der Waals surface area contributed by atoms with E-state index in [2.05, 4.69) is 0 Å². The van der Waals surface area contributed by atoms with E-state index in [0.717, 1.165) is 22.3 Å². The summed E-state index contributed by atoms with van der Waals surface area (Å²) in [5, 5.41) is 11.5. The first-order valence-electron chi connectivity index (χ1n) is 11.9. The van der Waals surface area contributed by atoms with Gasteiger partial charge in [-0.1, -0.05) is 61.9 Å². The highest BCUT2D eigenvalue weighted by Crippen LogP contribution is 2.42. The van der Waals surface area contributed by atoms with Gasteiger partial charge in [-0.2, -0.15) is 0 Å². The number of likely N-dealkylation sites (tertiary alicyclic amines) is 1. The van der Waals surface area contributed by atoms with E-state index in [9.17, 15) is 14.7 Å². The van der Waals surface area contributed by atoms with E-state index >= 15 is 0 Å². The number of ether oxygens (including phenoxy) is 2. The van der Waals surface area contributed by atoms with E-state index in [1.165, 1.54) is 4.90 Å². The molecule has 1 N–H and O–H groups in total. The Morgan fingerprint density at radius 2 is 1.67 bits per heavy atom. The highest BCUT2D eigenvalue weighted by molar-refractivity contribution is 6.46. The molecule has 4 rings (SSSR count). The Hall–Kier alpha value is -4.06. The number of hydrogen-bond acceptors (Lipinski definition) is 5. The molecule has 0 aromatic heterocycles.